The molecule has 2 fully saturated rings. The zero-order valence-electron chi connectivity index (χ0n) is 9.75. The monoisotopic (exact) mass is 235 g/mol. The van der Waals surface area contributed by atoms with Gasteiger partial charge in [0.15, 0.2) is 0 Å². The molecule has 1 saturated heterocycles. The van der Waals surface area contributed by atoms with E-state index >= 15 is 0 Å². The van der Waals surface area contributed by atoms with Gasteiger partial charge in [-0.25, -0.2) is 4.98 Å². The maximum Gasteiger partial charge on any atom is 0.320 e. The second-order valence-corrected chi connectivity index (χ2v) is 4.99. The van der Waals surface area contributed by atoms with E-state index < -0.39 is 5.97 Å². The molecule has 0 amide bonds. The van der Waals surface area contributed by atoms with Crippen LogP contribution in [0.5, 0.6) is 0 Å². The van der Waals surface area contributed by atoms with Crippen LogP contribution in [0, 0.1) is 0 Å². The van der Waals surface area contributed by atoms with Gasteiger partial charge in [0.2, 0.25) is 0 Å². The summed E-state index contributed by atoms with van der Waals surface area (Å²) in [5.41, 5.74) is 1.15. The summed E-state index contributed by atoms with van der Waals surface area (Å²) in [6.45, 7) is 1.60. The highest BCUT2D eigenvalue weighted by Gasteiger charge is 2.32. The molecule has 0 bridgehead atoms. The lowest BCUT2D eigenvalue weighted by Crippen LogP contribution is -2.35. The predicted molar refractivity (Wildman–Crippen MR) is 61.6 cm³/mol. The summed E-state index contributed by atoms with van der Waals surface area (Å²) in [7, 11) is 0. The lowest BCUT2D eigenvalue weighted by Gasteiger charge is -2.21. The normalized spacial score (nSPS) is 25.3. The number of likely N-dealkylation sites (tertiary alicyclic amines) is 1. The fourth-order valence-corrected chi connectivity index (χ4v) is 2.64. The average Bonchev–Trinajstić information content (AvgIpc) is 2.86. The fraction of sp³-hybridized carbons (Fsp3) is 0.667. The van der Waals surface area contributed by atoms with Gasteiger partial charge < -0.3 is 9.67 Å². The van der Waals surface area contributed by atoms with Gasteiger partial charge >= 0.3 is 5.97 Å². The molecule has 5 heteroatoms. The first kappa shape index (κ1) is 10.8. The molecule has 0 radical (unpaired) electrons. The lowest BCUT2D eigenvalue weighted by atomic mass is 10.2. The quantitative estimate of drug-likeness (QED) is 0.853. The SMILES string of the molecule is O=C(O)C1CCCN1Cc1cncn1C1CC1. The van der Waals surface area contributed by atoms with E-state index in [1.54, 1.807) is 0 Å². The topological polar surface area (TPSA) is 58.4 Å². The Kier molecular flexibility index (Phi) is 2.63. The summed E-state index contributed by atoms with van der Waals surface area (Å²) in [5, 5.41) is 9.14. The third-order valence-corrected chi connectivity index (χ3v) is 3.70. The van der Waals surface area contributed by atoms with Gasteiger partial charge in [0.1, 0.15) is 6.04 Å². The number of rotatable bonds is 4. The zero-order chi connectivity index (χ0) is 11.8. The Hall–Kier alpha value is -1.36. The van der Waals surface area contributed by atoms with Gasteiger partial charge in [-0.1, -0.05) is 0 Å². The number of carbonyl (C=O) groups is 1. The number of nitrogens with zero attached hydrogens (tertiary/aromatic N) is 3. The Bertz CT molecular complexity index is 425. The van der Waals surface area contributed by atoms with E-state index in [0.717, 1.165) is 25.1 Å². The van der Waals surface area contributed by atoms with Crippen LogP contribution in [0.3, 0.4) is 0 Å². The lowest BCUT2D eigenvalue weighted by molar-refractivity contribution is -0.142. The second kappa shape index (κ2) is 4.14. The predicted octanol–water partition coefficient (Wildman–Crippen LogP) is 1.27. The van der Waals surface area contributed by atoms with Crippen molar-refractivity contribution in [2.45, 2.75) is 44.3 Å². The zero-order valence-corrected chi connectivity index (χ0v) is 9.75. The van der Waals surface area contributed by atoms with Crippen LogP contribution < -0.4 is 0 Å². The van der Waals surface area contributed by atoms with Crippen LogP contribution in [0.15, 0.2) is 12.5 Å². The van der Waals surface area contributed by atoms with E-state index in [1.165, 1.54) is 12.8 Å². The summed E-state index contributed by atoms with van der Waals surface area (Å²) < 4.78 is 2.21. The number of hydrogen-bond donors (Lipinski definition) is 1. The van der Waals surface area contributed by atoms with E-state index in [0.29, 0.717) is 12.6 Å². The van der Waals surface area contributed by atoms with Gasteiger partial charge in [-0.3, -0.25) is 9.69 Å². The second-order valence-electron chi connectivity index (χ2n) is 4.99. The van der Waals surface area contributed by atoms with Crippen molar-refractivity contribution in [3.05, 3.63) is 18.2 Å². The molecule has 17 heavy (non-hydrogen) atoms. The van der Waals surface area contributed by atoms with E-state index in [-0.39, 0.29) is 6.04 Å². The molecular formula is C12H17N3O2. The molecule has 1 aliphatic heterocycles. The third-order valence-electron chi connectivity index (χ3n) is 3.70. The maximum absolute atomic E-state index is 11.1. The van der Waals surface area contributed by atoms with Crippen molar-refractivity contribution in [1.29, 1.82) is 0 Å². The number of imidazole rings is 1. The molecular weight excluding hydrogens is 218 g/mol. The molecule has 5 nitrogen and oxygen atoms in total. The van der Waals surface area contributed by atoms with E-state index in [2.05, 4.69) is 14.5 Å². The molecule has 1 aromatic heterocycles. The number of aliphatic carboxylic acids is 1. The van der Waals surface area contributed by atoms with Crippen molar-refractivity contribution < 1.29 is 9.90 Å². The Morgan fingerprint density at radius 2 is 2.29 bits per heavy atom. The maximum atomic E-state index is 11.1. The Morgan fingerprint density at radius 1 is 1.47 bits per heavy atom. The van der Waals surface area contributed by atoms with Gasteiger partial charge in [-0.05, 0) is 32.2 Å². The number of carboxylic acid groups (broad SMARTS) is 1. The van der Waals surface area contributed by atoms with Crippen molar-refractivity contribution >= 4 is 5.97 Å². The first-order valence-electron chi connectivity index (χ1n) is 6.23. The number of aromatic nitrogens is 2. The molecule has 1 atom stereocenters. The summed E-state index contributed by atoms with van der Waals surface area (Å²) in [5.74, 6) is -0.694. The third kappa shape index (κ3) is 2.07. The molecule has 1 unspecified atom stereocenters. The van der Waals surface area contributed by atoms with Gasteiger partial charge in [0.05, 0.1) is 12.0 Å². The van der Waals surface area contributed by atoms with E-state index in [9.17, 15) is 4.79 Å². The number of hydrogen-bond acceptors (Lipinski definition) is 3. The van der Waals surface area contributed by atoms with Crippen molar-refractivity contribution in [3.8, 4) is 0 Å². The Labute approximate surface area is 100 Å². The van der Waals surface area contributed by atoms with Crippen LogP contribution in [-0.4, -0.2) is 38.1 Å². The number of carboxylic acids is 1. The van der Waals surface area contributed by atoms with Gasteiger partial charge in [0, 0.05) is 18.8 Å². The first-order chi connectivity index (χ1) is 8.25. The average molecular weight is 235 g/mol. The smallest absolute Gasteiger partial charge is 0.320 e. The van der Waals surface area contributed by atoms with Crippen molar-refractivity contribution in [2.75, 3.05) is 6.54 Å². The largest absolute Gasteiger partial charge is 0.480 e. The molecule has 2 heterocycles. The first-order valence-corrected chi connectivity index (χ1v) is 6.23. The van der Waals surface area contributed by atoms with Crippen molar-refractivity contribution in [1.82, 2.24) is 14.5 Å². The minimum absolute atomic E-state index is 0.308. The van der Waals surface area contributed by atoms with Crippen LogP contribution in [0.25, 0.3) is 0 Å². The van der Waals surface area contributed by atoms with Crippen LogP contribution in [0.1, 0.15) is 37.4 Å². The Balaban J connectivity index is 1.73. The van der Waals surface area contributed by atoms with Crippen LogP contribution in [0.4, 0.5) is 0 Å². The molecule has 1 aliphatic carbocycles. The highest BCUT2D eigenvalue weighted by atomic mass is 16.4. The van der Waals surface area contributed by atoms with Gasteiger partial charge in [0.25, 0.3) is 0 Å². The molecule has 1 N–H and O–H groups in total. The standard InChI is InChI=1S/C12H17N3O2/c16-12(17)11-2-1-5-14(11)7-10-6-13-8-15(10)9-3-4-9/h6,8-9,11H,1-5,7H2,(H,16,17). The molecule has 0 spiro atoms. The fourth-order valence-electron chi connectivity index (χ4n) is 2.64. The van der Waals surface area contributed by atoms with Gasteiger partial charge in [-0.2, -0.15) is 0 Å². The van der Waals surface area contributed by atoms with Crippen molar-refractivity contribution in [3.63, 3.8) is 0 Å². The summed E-state index contributed by atoms with van der Waals surface area (Å²) in [4.78, 5) is 17.3. The van der Waals surface area contributed by atoms with Crippen LogP contribution in [0.2, 0.25) is 0 Å². The molecule has 3 rings (SSSR count). The minimum atomic E-state index is -0.694. The summed E-state index contributed by atoms with van der Waals surface area (Å²) in [6, 6.07) is 0.302. The molecule has 92 valence electrons. The molecule has 1 saturated carbocycles. The van der Waals surface area contributed by atoms with E-state index in [4.69, 9.17) is 5.11 Å². The Morgan fingerprint density at radius 3 is 3.00 bits per heavy atom. The minimum Gasteiger partial charge on any atom is -0.480 e. The molecule has 2 aliphatic rings. The summed E-state index contributed by atoms with van der Waals surface area (Å²) >= 11 is 0. The molecule has 0 aromatic carbocycles. The molecule has 1 aromatic rings. The highest BCUT2D eigenvalue weighted by Crippen LogP contribution is 2.36. The summed E-state index contributed by atoms with van der Waals surface area (Å²) in [6.07, 6.45) is 7.95. The van der Waals surface area contributed by atoms with Crippen LogP contribution >= 0.6 is 0 Å². The van der Waals surface area contributed by atoms with E-state index in [1.807, 2.05) is 12.5 Å². The van der Waals surface area contributed by atoms with Crippen molar-refractivity contribution in [2.24, 2.45) is 0 Å². The van der Waals surface area contributed by atoms with Crippen LogP contribution in [-0.2, 0) is 11.3 Å². The van der Waals surface area contributed by atoms with Gasteiger partial charge in [-0.15, -0.1) is 0 Å². The highest BCUT2D eigenvalue weighted by molar-refractivity contribution is 5.73.